The Balaban J connectivity index is 1.91. The van der Waals surface area contributed by atoms with Crippen LogP contribution in [0.2, 0.25) is 0 Å². The van der Waals surface area contributed by atoms with Crippen LogP contribution in [0.4, 0.5) is 5.69 Å². The van der Waals surface area contributed by atoms with Crippen LogP contribution in [0, 0.1) is 6.92 Å². The standard InChI is InChI=1S/C19H23N3O5S/c1-4-21(5-2)18(25)14-7-6-8-15(9-14)20-16(23)11-27-17(24)10-22-13(3)12-28-19(22)26/h6-9,12H,4-5,10-11H2,1-3H3,(H,20,23). The Morgan fingerprint density at radius 1 is 1.21 bits per heavy atom. The molecule has 2 amide bonds. The normalized spacial score (nSPS) is 10.4. The fourth-order valence-corrected chi connectivity index (χ4v) is 3.27. The maximum Gasteiger partial charge on any atom is 0.326 e. The topological polar surface area (TPSA) is 97.7 Å². The summed E-state index contributed by atoms with van der Waals surface area (Å²) in [5.41, 5.74) is 1.56. The highest BCUT2D eigenvalue weighted by atomic mass is 32.1. The zero-order valence-electron chi connectivity index (χ0n) is 16.1. The first kappa shape index (κ1) is 21.4. The second kappa shape index (κ2) is 9.84. The van der Waals surface area contributed by atoms with Crippen molar-refractivity contribution in [2.24, 2.45) is 0 Å². The number of aryl methyl sites for hydroxylation is 1. The second-order valence-electron chi connectivity index (χ2n) is 6.00. The number of aromatic nitrogens is 1. The summed E-state index contributed by atoms with van der Waals surface area (Å²) in [5.74, 6) is -1.33. The Morgan fingerprint density at radius 2 is 1.93 bits per heavy atom. The molecule has 1 N–H and O–H groups in total. The van der Waals surface area contributed by atoms with Crippen LogP contribution in [0.1, 0.15) is 29.9 Å². The number of thiazole rings is 1. The van der Waals surface area contributed by atoms with Gasteiger partial charge in [0.2, 0.25) is 0 Å². The molecule has 150 valence electrons. The van der Waals surface area contributed by atoms with E-state index in [1.54, 1.807) is 41.5 Å². The number of hydrogen-bond acceptors (Lipinski definition) is 6. The van der Waals surface area contributed by atoms with Crippen molar-refractivity contribution >= 4 is 34.8 Å². The summed E-state index contributed by atoms with van der Waals surface area (Å²) in [5, 5.41) is 4.24. The van der Waals surface area contributed by atoms with Crippen molar-refractivity contribution in [3.05, 3.63) is 50.6 Å². The first-order valence-corrected chi connectivity index (χ1v) is 9.73. The van der Waals surface area contributed by atoms with Crippen molar-refractivity contribution < 1.29 is 19.1 Å². The minimum atomic E-state index is -0.677. The van der Waals surface area contributed by atoms with E-state index in [2.05, 4.69) is 5.32 Å². The van der Waals surface area contributed by atoms with E-state index in [1.807, 2.05) is 13.8 Å². The van der Waals surface area contributed by atoms with Crippen LogP contribution in [0.25, 0.3) is 0 Å². The van der Waals surface area contributed by atoms with Crippen LogP contribution in [0.3, 0.4) is 0 Å². The van der Waals surface area contributed by atoms with Gasteiger partial charge in [-0.25, -0.2) is 0 Å². The number of anilines is 1. The highest BCUT2D eigenvalue weighted by Gasteiger charge is 2.14. The third-order valence-electron chi connectivity index (χ3n) is 4.07. The van der Waals surface area contributed by atoms with Crippen molar-refractivity contribution in [2.75, 3.05) is 25.0 Å². The molecule has 1 aromatic carbocycles. The quantitative estimate of drug-likeness (QED) is 0.677. The van der Waals surface area contributed by atoms with Crippen molar-refractivity contribution in [1.29, 1.82) is 0 Å². The molecule has 2 rings (SSSR count). The lowest BCUT2D eigenvalue weighted by molar-refractivity contribution is -0.147. The Morgan fingerprint density at radius 3 is 2.54 bits per heavy atom. The largest absolute Gasteiger partial charge is 0.454 e. The molecule has 1 aromatic heterocycles. The van der Waals surface area contributed by atoms with Gasteiger partial charge in [-0.1, -0.05) is 17.4 Å². The van der Waals surface area contributed by atoms with Crippen LogP contribution >= 0.6 is 11.3 Å². The molecule has 0 aliphatic heterocycles. The second-order valence-corrected chi connectivity index (χ2v) is 6.82. The molecule has 0 bridgehead atoms. The number of ether oxygens (including phenoxy) is 1. The van der Waals surface area contributed by atoms with Gasteiger partial charge in [-0.15, -0.1) is 0 Å². The number of nitrogens with zero attached hydrogens (tertiary/aromatic N) is 2. The van der Waals surface area contributed by atoms with Crippen molar-refractivity contribution in [3.63, 3.8) is 0 Å². The highest BCUT2D eigenvalue weighted by Crippen LogP contribution is 2.13. The van der Waals surface area contributed by atoms with Gasteiger partial charge in [0.1, 0.15) is 6.54 Å². The molecule has 0 atom stereocenters. The van der Waals surface area contributed by atoms with Gasteiger partial charge in [-0.2, -0.15) is 0 Å². The van der Waals surface area contributed by atoms with E-state index in [1.165, 1.54) is 4.57 Å². The maximum absolute atomic E-state index is 12.4. The summed E-state index contributed by atoms with van der Waals surface area (Å²) >= 11 is 0.997. The molecule has 28 heavy (non-hydrogen) atoms. The van der Waals surface area contributed by atoms with Crippen LogP contribution in [0.15, 0.2) is 34.4 Å². The zero-order valence-corrected chi connectivity index (χ0v) is 16.9. The van der Waals surface area contributed by atoms with E-state index in [-0.39, 0.29) is 17.3 Å². The summed E-state index contributed by atoms with van der Waals surface area (Å²) in [7, 11) is 0. The van der Waals surface area contributed by atoms with Gasteiger partial charge >= 0.3 is 10.8 Å². The number of esters is 1. The molecular formula is C19H23N3O5S. The molecule has 0 unspecified atom stereocenters. The summed E-state index contributed by atoms with van der Waals surface area (Å²) in [6.45, 7) is 5.97. The Bertz CT molecular complexity index is 914. The number of hydrogen-bond donors (Lipinski definition) is 1. The molecule has 0 fully saturated rings. The molecule has 0 saturated carbocycles. The van der Waals surface area contributed by atoms with E-state index in [4.69, 9.17) is 4.74 Å². The van der Waals surface area contributed by atoms with Crippen LogP contribution < -0.4 is 10.2 Å². The van der Waals surface area contributed by atoms with Crippen LogP contribution in [-0.2, 0) is 20.9 Å². The maximum atomic E-state index is 12.4. The highest BCUT2D eigenvalue weighted by molar-refractivity contribution is 7.07. The molecule has 0 aliphatic rings. The fourth-order valence-electron chi connectivity index (χ4n) is 2.54. The Labute approximate surface area is 166 Å². The van der Waals surface area contributed by atoms with Gasteiger partial charge in [0.25, 0.3) is 11.8 Å². The molecule has 8 nitrogen and oxygen atoms in total. The molecule has 0 radical (unpaired) electrons. The fraction of sp³-hybridized carbons (Fsp3) is 0.368. The summed E-state index contributed by atoms with van der Waals surface area (Å²) in [6, 6.07) is 6.57. The first-order chi connectivity index (χ1) is 13.3. The third-order valence-corrected chi connectivity index (χ3v) is 4.95. The van der Waals surface area contributed by atoms with Gasteiger partial charge < -0.3 is 15.0 Å². The lowest BCUT2D eigenvalue weighted by Gasteiger charge is -2.19. The predicted octanol–water partition coefficient (Wildman–Crippen LogP) is 1.88. The van der Waals surface area contributed by atoms with Gasteiger partial charge in [-0.3, -0.25) is 23.7 Å². The molecule has 9 heteroatoms. The third kappa shape index (κ3) is 5.53. The number of amides is 2. The van der Waals surface area contributed by atoms with Gasteiger partial charge in [-0.05, 0) is 39.0 Å². The lowest BCUT2D eigenvalue weighted by Crippen LogP contribution is -2.30. The van der Waals surface area contributed by atoms with E-state index in [0.29, 0.717) is 30.0 Å². The van der Waals surface area contributed by atoms with E-state index >= 15 is 0 Å². The molecule has 0 saturated heterocycles. The number of carbonyl (C=O) groups is 3. The van der Waals surface area contributed by atoms with Crippen molar-refractivity contribution in [3.8, 4) is 0 Å². The molecule has 1 heterocycles. The zero-order chi connectivity index (χ0) is 20.7. The predicted molar refractivity (Wildman–Crippen MR) is 107 cm³/mol. The lowest BCUT2D eigenvalue weighted by atomic mass is 10.1. The van der Waals surface area contributed by atoms with Crippen molar-refractivity contribution in [2.45, 2.75) is 27.3 Å². The monoisotopic (exact) mass is 405 g/mol. The average Bonchev–Trinajstić information content (AvgIpc) is 2.99. The van der Waals surface area contributed by atoms with Crippen LogP contribution in [0.5, 0.6) is 0 Å². The smallest absolute Gasteiger partial charge is 0.326 e. The minimum absolute atomic E-state index is 0.121. The first-order valence-electron chi connectivity index (χ1n) is 8.85. The van der Waals surface area contributed by atoms with E-state index in [0.717, 1.165) is 11.3 Å². The Kier molecular flexibility index (Phi) is 7.51. The average molecular weight is 405 g/mol. The molecule has 2 aromatic rings. The van der Waals surface area contributed by atoms with E-state index < -0.39 is 18.5 Å². The summed E-state index contributed by atoms with van der Waals surface area (Å²) in [4.78, 5) is 49.3. The Hall–Kier alpha value is -2.94. The number of carbonyl (C=O) groups excluding carboxylic acids is 3. The summed E-state index contributed by atoms with van der Waals surface area (Å²) < 4.78 is 6.21. The van der Waals surface area contributed by atoms with Crippen LogP contribution in [-0.4, -0.2) is 46.9 Å². The number of nitrogens with one attached hydrogen (secondary N) is 1. The molecule has 0 aliphatic carbocycles. The van der Waals surface area contributed by atoms with Gasteiger partial charge in [0, 0.05) is 35.4 Å². The number of benzene rings is 1. The molecule has 0 spiro atoms. The van der Waals surface area contributed by atoms with Crippen molar-refractivity contribution in [1.82, 2.24) is 9.47 Å². The summed E-state index contributed by atoms with van der Waals surface area (Å²) in [6.07, 6.45) is 0. The van der Waals surface area contributed by atoms with Gasteiger partial charge in [0.05, 0.1) is 0 Å². The van der Waals surface area contributed by atoms with E-state index in [9.17, 15) is 19.2 Å². The SMILES string of the molecule is CCN(CC)C(=O)c1cccc(NC(=O)COC(=O)Cn2c(C)csc2=O)c1. The van der Waals surface area contributed by atoms with Gasteiger partial charge in [0.15, 0.2) is 6.61 Å². The number of rotatable bonds is 8. The molecular weight excluding hydrogens is 382 g/mol. The minimum Gasteiger partial charge on any atom is -0.454 e.